The standard InChI is InChI=1S/C25H26ClN7O/c1-16-29-15-33(32-16)21-11-8-18(27)14-22(21)34-13-5-12-28-24-20-10-9-19(17-6-3-2-4-7-17)23(20)30-25(26)31-24/h2-4,6-8,11,14-15,19H,5,9-10,12-13,27H2,1H3,(H,28,30,31). The highest BCUT2D eigenvalue weighted by Crippen LogP contribution is 2.40. The van der Waals surface area contributed by atoms with Crippen molar-refractivity contribution in [3.8, 4) is 11.4 Å². The Labute approximate surface area is 203 Å². The number of nitrogens with zero attached hydrogens (tertiary/aromatic N) is 5. The van der Waals surface area contributed by atoms with E-state index in [2.05, 4.69) is 49.6 Å². The number of nitrogen functional groups attached to an aromatic ring is 1. The summed E-state index contributed by atoms with van der Waals surface area (Å²) >= 11 is 6.28. The Kier molecular flexibility index (Phi) is 6.31. The normalized spacial score (nSPS) is 14.7. The number of ether oxygens (including phenoxy) is 1. The fourth-order valence-corrected chi connectivity index (χ4v) is 4.52. The highest BCUT2D eigenvalue weighted by Gasteiger charge is 2.29. The van der Waals surface area contributed by atoms with Crippen molar-refractivity contribution < 1.29 is 4.74 Å². The summed E-state index contributed by atoms with van der Waals surface area (Å²) in [6, 6.07) is 15.9. The van der Waals surface area contributed by atoms with E-state index < -0.39 is 0 Å². The predicted octanol–water partition coefficient (Wildman–Crippen LogP) is 4.56. The van der Waals surface area contributed by atoms with Gasteiger partial charge in [-0.2, -0.15) is 5.10 Å². The van der Waals surface area contributed by atoms with E-state index in [1.165, 1.54) is 5.56 Å². The maximum Gasteiger partial charge on any atom is 0.224 e. The maximum atomic E-state index is 6.28. The number of aromatic nitrogens is 5. The summed E-state index contributed by atoms with van der Waals surface area (Å²) in [6.45, 7) is 3.04. The number of aryl methyl sites for hydroxylation is 1. The van der Waals surface area contributed by atoms with Crippen LogP contribution < -0.4 is 15.8 Å². The molecule has 1 unspecified atom stereocenters. The largest absolute Gasteiger partial charge is 0.491 e. The smallest absolute Gasteiger partial charge is 0.224 e. The third kappa shape index (κ3) is 4.68. The van der Waals surface area contributed by atoms with Gasteiger partial charge in [0.2, 0.25) is 5.28 Å². The highest BCUT2D eigenvalue weighted by molar-refractivity contribution is 6.28. The van der Waals surface area contributed by atoms with Crippen molar-refractivity contribution in [2.24, 2.45) is 0 Å². The lowest BCUT2D eigenvalue weighted by atomic mass is 9.97. The van der Waals surface area contributed by atoms with Gasteiger partial charge in [-0.3, -0.25) is 0 Å². The van der Waals surface area contributed by atoms with Crippen LogP contribution in [0.15, 0.2) is 54.9 Å². The summed E-state index contributed by atoms with van der Waals surface area (Å²) in [6.07, 6.45) is 4.36. The Hall–Kier alpha value is -3.65. The molecule has 0 fully saturated rings. The van der Waals surface area contributed by atoms with E-state index in [9.17, 15) is 0 Å². The average Bonchev–Trinajstić information content (AvgIpc) is 3.46. The first-order chi connectivity index (χ1) is 16.6. The lowest BCUT2D eigenvalue weighted by molar-refractivity contribution is 0.313. The van der Waals surface area contributed by atoms with Crippen LogP contribution in [0.3, 0.4) is 0 Å². The van der Waals surface area contributed by atoms with Crippen LogP contribution in [-0.4, -0.2) is 37.9 Å². The summed E-state index contributed by atoms with van der Waals surface area (Å²) in [5, 5.41) is 8.08. The van der Waals surface area contributed by atoms with Gasteiger partial charge in [0, 0.05) is 29.8 Å². The Morgan fingerprint density at radius 3 is 2.82 bits per heavy atom. The van der Waals surface area contributed by atoms with Crippen molar-refractivity contribution in [1.29, 1.82) is 0 Å². The monoisotopic (exact) mass is 475 g/mol. The zero-order valence-electron chi connectivity index (χ0n) is 18.9. The minimum atomic E-state index is 0.253. The van der Waals surface area contributed by atoms with Crippen molar-refractivity contribution in [3.63, 3.8) is 0 Å². The minimum Gasteiger partial charge on any atom is -0.491 e. The Balaban J connectivity index is 1.22. The molecular weight excluding hydrogens is 450 g/mol. The molecule has 5 rings (SSSR count). The predicted molar refractivity (Wildman–Crippen MR) is 133 cm³/mol. The van der Waals surface area contributed by atoms with Gasteiger partial charge in [0.15, 0.2) is 0 Å². The van der Waals surface area contributed by atoms with Gasteiger partial charge in [0.25, 0.3) is 0 Å². The summed E-state index contributed by atoms with van der Waals surface area (Å²) in [4.78, 5) is 13.2. The van der Waals surface area contributed by atoms with Gasteiger partial charge < -0.3 is 15.8 Å². The second-order valence-corrected chi connectivity index (χ2v) is 8.64. The SMILES string of the molecule is Cc1ncn(-c2ccc(N)cc2OCCCNc2nc(Cl)nc3c2CCC3c2ccccc2)n1. The van der Waals surface area contributed by atoms with Crippen molar-refractivity contribution in [2.75, 3.05) is 24.2 Å². The summed E-state index contributed by atoms with van der Waals surface area (Å²) < 4.78 is 7.74. The van der Waals surface area contributed by atoms with Crippen LogP contribution in [0, 0.1) is 6.92 Å². The van der Waals surface area contributed by atoms with Gasteiger partial charge in [-0.1, -0.05) is 30.3 Å². The fraction of sp³-hybridized carbons (Fsp3) is 0.280. The Bertz CT molecular complexity index is 1290. The molecule has 0 saturated heterocycles. The van der Waals surface area contributed by atoms with E-state index in [-0.39, 0.29) is 11.2 Å². The van der Waals surface area contributed by atoms with Crippen molar-refractivity contribution in [3.05, 3.63) is 82.8 Å². The molecule has 2 aromatic heterocycles. The lowest BCUT2D eigenvalue weighted by Gasteiger charge is -2.14. The third-order valence-corrected chi connectivity index (χ3v) is 6.10. The average molecular weight is 476 g/mol. The van der Waals surface area contributed by atoms with Crippen LogP contribution in [0.4, 0.5) is 11.5 Å². The Morgan fingerprint density at radius 2 is 2.03 bits per heavy atom. The van der Waals surface area contributed by atoms with Gasteiger partial charge in [-0.15, -0.1) is 0 Å². The fourth-order valence-electron chi connectivity index (χ4n) is 4.35. The van der Waals surface area contributed by atoms with E-state index in [4.69, 9.17) is 22.1 Å². The minimum absolute atomic E-state index is 0.253. The number of hydrogen-bond donors (Lipinski definition) is 2. The molecule has 2 aromatic carbocycles. The van der Waals surface area contributed by atoms with E-state index in [0.717, 1.165) is 42.0 Å². The number of hydrogen-bond acceptors (Lipinski definition) is 7. The van der Waals surface area contributed by atoms with Crippen LogP contribution in [0.5, 0.6) is 5.75 Å². The molecular formula is C25H26ClN7O. The van der Waals surface area contributed by atoms with Gasteiger partial charge in [-0.25, -0.2) is 19.6 Å². The molecule has 4 aromatic rings. The number of halogens is 1. The quantitative estimate of drug-likeness (QED) is 0.218. The van der Waals surface area contributed by atoms with E-state index in [1.54, 1.807) is 17.1 Å². The third-order valence-electron chi connectivity index (χ3n) is 5.94. The molecule has 0 aliphatic heterocycles. The molecule has 1 aliphatic rings. The van der Waals surface area contributed by atoms with Crippen LogP contribution in [0.2, 0.25) is 5.28 Å². The number of nitrogens with two attached hydrogens (primary N) is 1. The molecule has 0 amide bonds. The maximum absolute atomic E-state index is 6.28. The zero-order valence-corrected chi connectivity index (χ0v) is 19.7. The molecule has 3 N–H and O–H groups in total. The van der Waals surface area contributed by atoms with Gasteiger partial charge in [0.05, 0.1) is 12.3 Å². The first-order valence-electron chi connectivity index (χ1n) is 11.3. The zero-order chi connectivity index (χ0) is 23.5. The lowest BCUT2D eigenvalue weighted by Crippen LogP contribution is -2.12. The molecule has 8 nitrogen and oxygen atoms in total. The Morgan fingerprint density at radius 1 is 1.18 bits per heavy atom. The van der Waals surface area contributed by atoms with Crippen LogP contribution in [0.1, 0.15) is 41.4 Å². The molecule has 0 saturated carbocycles. The van der Waals surface area contributed by atoms with Gasteiger partial charge in [0.1, 0.15) is 29.4 Å². The summed E-state index contributed by atoms with van der Waals surface area (Å²) in [5.41, 5.74) is 10.8. The van der Waals surface area contributed by atoms with E-state index in [1.807, 2.05) is 25.1 Å². The highest BCUT2D eigenvalue weighted by atomic mass is 35.5. The van der Waals surface area contributed by atoms with Crippen molar-refractivity contribution in [1.82, 2.24) is 24.7 Å². The van der Waals surface area contributed by atoms with Crippen molar-refractivity contribution >= 4 is 23.1 Å². The molecule has 1 aliphatic carbocycles. The molecule has 2 heterocycles. The summed E-state index contributed by atoms with van der Waals surface area (Å²) in [7, 11) is 0. The number of anilines is 2. The molecule has 1 atom stereocenters. The van der Waals surface area contributed by atoms with Crippen LogP contribution >= 0.6 is 11.6 Å². The first-order valence-corrected chi connectivity index (χ1v) is 11.7. The second-order valence-electron chi connectivity index (χ2n) is 8.30. The van der Waals surface area contributed by atoms with Crippen LogP contribution in [-0.2, 0) is 6.42 Å². The molecule has 0 spiro atoms. The molecule has 9 heteroatoms. The van der Waals surface area contributed by atoms with E-state index >= 15 is 0 Å². The number of nitrogens with one attached hydrogen (secondary N) is 1. The number of benzene rings is 2. The molecule has 0 bridgehead atoms. The van der Waals surface area contributed by atoms with E-state index in [0.29, 0.717) is 30.4 Å². The molecule has 174 valence electrons. The van der Waals surface area contributed by atoms with Crippen molar-refractivity contribution in [2.45, 2.75) is 32.1 Å². The number of rotatable bonds is 8. The van der Waals surface area contributed by atoms with Gasteiger partial charge >= 0.3 is 0 Å². The molecule has 0 radical (unpaired) electrons. The molecule has 34 heavy (non-hydrogen) atoms. The first kappa shape index (κ1) is 22.2. The topological polar surface area (TPSA) is 104 Å². The van der Waals surface area contributed by atoms with Crippen LogP contribution in [0.25, 0.3) is 5.69 Å². The van der Waals surface area contributed by atoms with Gasteiger partial charge in [-0.05, 0) is 55.5 Å². The number of fused-ring (bicyclic) bond motifs is 1. The second kappa shape index (κ2) is 9.69. The summed E-state index contributed by atoms with van der Waals surface area (Å²) in [5.74, 6) is 2.43.